The molecule has 0 atom stereocenters. The van der Waals surface area contributed by atoms with E-state index in [-0.39, 0.29) is 0 Å². The van der Waals surface area contributed by atoms with Crippen molar-refractivity contribution in [3.8, 4) is 5.75 Å². The molecule has 0 bridgehead atoms. The van der Waals surface area contributed by atoms with Crippen molar-refractivity contribution in [1.82, 2.24) is 10.2 Å². The van der Waals surface area contributed by atoms with Gasteiger partial charge in [-0.1, -0.05) is 12.1 Å². The summed E-state index contributed by atoms with van der Waals surface area (Å²) in [5.41, 5.74) is 3.29. The molecule has 0 saturated heterocycles. The first-order chi connectivity index (χ1) is 8.24. The van der Waals surface area contributed by atoms with Gasteiger partial charge in [-0.25, -0.2) is 0 Å². The Balaban J connectivity index is 2.27. The largest absolute Gasteiger partial charge is 0.497 e. The average molecular weight is 230 g/mol. The third-order valence-electron chi connectivity index (χ3n) is 2.70. The first-order valence-corrected chi connectivity index (χ1v) is 5.36. The van der Waals surface area contributed by atoms with Gasteiger partial charge in [-0.05, 0) is 24.6 Å². The average Bonchev–Trinajstić information content (AvgIpc) is 2.70. The molecule has 88 valence electrons. The molecular weight excluding hydrogens is 216 g/mol. The lowest BCUT2D eigenvalue weighted by molar-refractivity contribution is 0.112. The van der Waals surface area contributed by atoms with Crippen LogP contribution < -0.4 is 4.74 Å². The van der Waals surface area contributed by atoms with E-state index >= 15 is 0 Å². The Morgan fingerprint density at radius 1 is 1.47 bits per heavy atom. The number of aromatic nitrogens is 2. The number of methoxy groups -OCH3 is 1. The van der Waals surface area contributed by atoms with Crippen molar-refractivity contribution in [3.63, 3.8) is 0 Å². The lowest BCUT2D eigenvalue weighted by Crippen LogP contribution is -1.94. The first kappa shape index (κ1) is 11.4. The summed E-state index contributed by atoms with van der Waals surface area (Å²) in [5.74, 6) is 0.808. The third-order valence-corrected chi connectivity index (χ3v) is 2.70. The number of hydrogen-bond acceptors (Lipinski definition) is 3. The quantitative estimate of drug-likeness (QED) is 0.818. The van der Waals surface area contributed by atoms with Crippen LogP contribution in [0.4, 0.5) is 0 Å². The molecule has 2 aromatic rings. The first-order valence-electron chi connectivity index (χ1n) is 5.36. The zero-order valence-corrected chi connectivity index (χ0v) is 9.86. The number of rotatable bonds is 4. The van der Waals surface area contributed by atoms with E-state index in [4.69, 9.17) is 4.74 Å². The second-order valence-corrected chi connectivity index (χ2v) is 3.86. The van der Waals surface area contributed by atoms with Crippen LogP contribution in [-0.2, 0) is 6.42 Å². The zero-order chi connectivity index (χ0) is 12.3. The smallest absolute Gasteiger partial charge is 0.153 e. The minimum Gasteiger partial charge on any atom is -0.497 e. The Morgan fingerprint density at radius 3 is 3.00 bits per heavy atom. The number of hydrogen-bond donors (Lipinski definition) is 1. The molecule has 0 fully saturated rings. The summed E-state index contributed by atoms with van der Waals surface area (Å²) in [7, 11) is 1.63. The fraction of sp³-hybridized carbons (Fsp3) is 0.231. The van der Waals surface area contributed by atoms with E-state index in [0.717, 1.165) is 29.0 Å². The number of benzene rings is 1. The van der Waals surface area contributed by atoms with E-state index in [1.54, 1.807) is 7.11 Å². The van der Waals surface area contributed by atoms with Crippen LogP contribution in [0.15, 0.2) is 24.3 Å². The molecule has 0 aliphatic rings. The van der Waals surface area contributed by atoms with Gasteiger partial charge in [0.2, 0.25) is 0 Å². The Morgan fingerprint density at radius 2 is 2.29 bits per heavy atom. The maximum absolute atomic E-state index is 10.9. The number of ether oxygens (including phenoxy) is 1. The van der Waals surface area contributed by atoms with Crippen LogP contribution in [0.1, 0.15) is 27.3 Å². The van der Waals surface area contributed by atoms with E-state index in [9.17, 15) is 4.79 Å². The number of aldehydes is 1. The SMILES string of the molecule is COc1cccc(Cc2n[nH]c(C)c2C=O)c1. The van der Waals surface area contributed by atoms with Crippen LogP contribution in [-0.4, -0.2) is 23.6 Å². The lowest BCUT2D eigenvalue weighted by Gasteiger charge is -2.03. The second-order valence-electron chi connectivity index (χ2n) is 3.86. The van der Waals surface area contributed by atoms with Crippen molar-refractivity contribution in [2.24, 2.45) is 0 Å². The van der Waals surface area contributed by atoms with Crippen LogP contribution in [0.2, 0.25) is 0 Å². The molecule has 0 unspecified atom stereocenters. The molecule has 4 heteroatoms. The van der Waals surface area contributed by atoms with Crippen molar-refractivity contribution in [1.29, 1.82) is 0 Å². The maximum atomic E-state index is 10.9. The molecule has 1 aromatic carbocycles. The van der Waals surface area contributed by atoms with Gasteiger partial charge in [0.05, 0.1) is 18.4 Å². The molecule has 0 radical (unpaired) electrons. The fourth-order valence-electron chi connectivity index (χ4n) is 1.76. The number of aromatic amines is 1. The van der Waals surface area contributed by atoms with E-state index in [0.29, 0.717) is 12.0 Å². The van der Waals surface area contributed by atoms with E-state index < -0.39 is 0 Å². The van der Waals surface area contributed by atoms with Gasteiger partial charge < -0.3 is 4.74 Å². The summed E-state index contributed by atoms with van der Waals surface area (Å²) < 4.78 is 5.16. The zero-order valence-electron chi connectivity index (χ0n) is 9.86. The number of carbonyl (C=O) groups is 1. The van der Waals surface area contributed by atoms with Crippen molar-refractivity contribution in [2.45, 2.75) is 13.3 Å². The summed E-state index contributed by atoms with van der Waals surface area (Å²) in [4.78, 5) is 10.9. The molecule has 1 N–H and O–H groups in total. The highest BCUT2D eigenvalue weighted by atomic mass is 16.5. The maximum Gasteiger partial charge on any atom is 0.153 e. The van der Waals surface area contributed by atoms with Crippen molar-refractivity contribution >= 4 is 6.29 Å². The number of aryl methyl sites for hydroxylation is 1. The molecule has 2 rings (SSSR count). The Bertz CT molecular complexity index is 532. The predicted octanol–water partition coefficient (Wildman–Crippen LogP) is 2.13. The van der Waals surface area contributed by atoms with Gasteiger partial charge in [0.25, 0.3) is 0 Å². The summed E-state index contributed by atoms with van der Waals surface area (Å²) in [6.07, 6.45) is 1.46. The topological polar surface area (TPSA) is 55.0 Å². The highest BCUT2D eigenvalue weighted by Gasteiger charge is 2.10. The standard InChI is InChI=1S/C13H14N2O2/c1-9-12(8-16)13(15-14-9)7-10-4-3-5-11(6-10)17-2/h3-6,8H,7H2,1-2H3,(H,14,15). The second kappa shape index (κ2) is 4.82. The summed E-state index contributed by atoms with van der Waals surface area (Å²) in [5, 5.41) is 6.96. The highest BCUT2D eigenvalue weighted by Crippen LogP contribution is 2.17. The molecule has 1 heterocycles. The summed E-state index contributed by atoms with van der Waals surface area (Å²) in [6.45, 7) is 1.84. The van der Waals surface area contributed by atoms with Crippen LogP contribution >= 0.6 is 0 Å². The third kappa shape index (κ3) is 2.36. The van der Waals surface area contributed by atoms with Crippen LogP contribution in [0.5, 0.6) is 5.75 Å². The minimum atomic E-state index is 0.621. The Hall–Kier alpha value is -2.10. The molecule has 17 heavy (non-hydrogen) atoms. The molecular formula is C13H14N2O2. The Labute approximate surface area is 99.6 Å². The fourth-order valence-corrected chi connectivity index (χ4v) is 1.76. The molecule has 0 saturated carbocycles. The molecule has 0 aliphatic carbocycles. The van der Waals surface area contributed by atoms with Gasteiger partial charge in [-0.3, -0.25) is 9.89 Å². The van der Waals surface area contributed by atoms with Crippen LogP contribution in [0, 0.1) is 6.92 Å². The lowest BCUT2D eigenvalue weighted by atomic mass is 10.1. The molecule has 0 spiro atoms. The van der Waals surface area contributed by atoms with Gasteiger partial charge >= 0.3 is 0 Å². The number of nitrogens with zero attached hydrogens (tertiary/aromatic N) is 1. The molecule has 4 nitrogen and oxygen atoms in total. The van der Waals surface area contributed by atoms with Gasteiger partial charge in [0, 0.05) is 12.1 Å². The van der Waals surface area contributed by atoms with Crippen molar-refractivity contribution in [2.75, 3.05) is 7.11 Å². The van der Waals surface area contributed by atoms with Crippen LogP contribution in [0.3, 0.4) is 0 Å². The van der Waals surface area contributed by atoms with E-state index in [1.807, 2.05) is 31.2 Å². The number of nitrogens with one attached hydrogen (secondary N) is 1. The minimum absolute atomic E-state index is 0.621. The normalized spacial score (nSPS) is 10.2. The van der Waals surface area contributed by atoms with Crippen LogP contribution in [0.25, 0.3) is 0 Å². The van der Waals surface area contributed by atoms with Gasteiger partial charge in [-0.2, -0.15) is 5.10 Å². The summed E-state index contributed by atoms with van der Waals surface area (Å²) in [6, 6.07) is 7.74. The van der Waals surface area contributed by atoms with Gasteiger partial charge in [-0.15, -0.1) is 0 Å². The number of H-pyrrole nitrogens is 1. The predicted molar refractivity (Wildman–Crippen MR) is 64.5 cm³/mol. The van der Waals surface area contributed by atoms with E-state index in [2.05, 4.69) is 10.2 Å². The highest BCUT2D eigenvalue weighted by molar-refractivity contribution is 5.78. The van der Waals surface area contributed by atoms with Crippen molar-refractivity contribution < 1.29 is 9.53 Å². The van der Waals surface area contributed by atoms with Crippen molar-refractivity contribution in [3.05, 3.63) is 46.8 Å². The van der Waals surface area contributed by atoms with Gasteiger partial charge in [0.1, 0.15) is 5.75 Å². The molecule has 0 amide bonds. The van der Waals surface area contributed by atoms with E-state index in [1.165, 1.54) is 0 Å². The Kier molecular flexibility index (Phi) is 3.23. The molecule has 1 aromatic heterocycles. The summed E-state index contributed by atoms with van der Waals surface area (Å²) >= 11 is 0. The monoisotopic (exact) mass is 230 g/mol. The molecule has 0 aliphatic heterocycles. The number of carbonyl (C=O) groups excluding carboxylic acids is 1. The van der Waals surface area contributed by atoms with Gasteiger partial charge in [0.15, 0.2) is 6.29 Å².